The van der Waals surface area contributed by atoms with Crippen molar-refractivity contribution in [3.63, 3.8) is 0 Å². The topological polar surface area (TPSA) is 81.5 Å². The number of piperazine rings is 1. The number of carbonyl (C=O) groups excluding carboxylic acids is 1. The van der Waals surface area contributed by atoms with E-state index in [1.807, 2.05) is 6.07 Å². The molecule has 0 bridgehead atoms. The number of sulfonamides is 1. The zero-order valence-electron chi connectivity index (χ0n) is 12.0. The molecule has 112 valence electrons. The molecule has 0 atom stereocenters. The second-order valence-corrected chi connectivity index (χ2v) is 6.94. The Kier molecular flexibility index (Phi) is 4.30. The summed E-state index contributed by atoms with van der Waals surface area (Å²) in [5.41, 5.74) is 1.11. The van der Waals surface area contributed by atoms with Crippen molar-refractivity contribution in [1.82, 2.24) is 9.21 Å². The van der Waals surface area contributed by atoms with E-state index in [-0.39, 0.29) is 10.8 Å². The van der Waals surface area contributed by atoms with E-state index in [4.69, 9.17) is 5.26 Å². The molecule has 1 saturated heterocycles. The Morgan fingerprint density at radius 1 is 1.24 bits per heavy atom. The first-order valence-corrected chi connectivity index (χ1v) is 8.06. The lowest BCUT2D eigenvalue weighted by Crippen LogP contribution is -2.49. The van der Waals surface area contributed by atoms with Crippen LogP contribution in [0.4, 0.5) is 0 Å². The molecule has 0 radical (unpaired) electrons. The summed E-state index contributed by atoms with van der Waals surface area (Å²) >= 11 is 0. The number of hydrogen-bond acceptors (Lipinski definition) is 4. The molecule has 0 unspecified atom stereocenters. The zero-order valence-corrected chi connectivity index (χ0v) is 12.9. The minimum atomic E-state index is -3.57. The molecule has 0 saturated carbocycles. The number of nitriles is 1. The maximum Gasteiger partial charge on any atom is 0.243 e. The summed E-state index contributed by atoms with van der Waals surface area (Å²) in [4.78, 5) is 13.1. The van der Waals surface area contributed by atoms with Gasteiger partial charge < -0.3 is 4.90 Å². The van der Waals surface area contributed by atoms with Gasteiger partial charge >= 0.3 is 0 Å². The van der Waals surface area contributed by atoms with Crippen molar-refractivity contribution in [1.29, 1.82) is 5.26 Å². The molecule has 1 aromatic rings. The fraction of sp³-hybridized carbons (Fsp3) is 0.429. The van der Waals surface area contributed by atoms with Crippen molar-refractivity contribution in [3.05, 3.63) is 29.3 Å². The largest absolute Gasteiger partial charge is 0.340 e. The molecule has 1 amide bonds. The van der Waals surface area contributed by atoms with Crippen LogP contribution in [0.1, 0.15) is 18.1 Å². The van der Waals surface area contributed by atoms with Gasteiger partial charge in [0.25, 0.3) is 0 Å². The van der Waals surface area contributed by atoms with Crippen LogP contribution in [0.5, 0.6) is 0 Å². The Balaban J connectivity index is 2.22. The molecular formula is C14H17N3O3S. The van der Waals surface area contributed by atoms with Crippen molar-refractivity contribution < 1.29 is 13.2 Å². The first-order valence-electron chi connectivity index (χ1n) is 6.62. The monoisotopic (exact) mass is 307 g/mol. The number of amides is 1. The Hall–Kier alpha value is -1.91. The minimum absolute atomic E-state index is 0.0405. The van der Waals surface area contributed by atoms with Crippen LogP contribution in [0.15, 0.2) is 23.1 Å². The molecule has 21 heavy (non-hydrogen) atoms. The maximum absolute atomic E-state index is 12.6. The Morgan fingerprint density at radius 3 is 2.33 bits per heavy atom. The smallest absolute Gasteiger partial charge is 0.243 e. The molecule has 0 N–H and O–H groups in total. The second kappa shape index (κ2) is 5.84. The number of aryl methyl sites for hydroxylation is 1. The van der Waals surface area contributed by atoms with Gasteiger partial charge in [0, 0.05) is 33.1 Å². The molecule has 1 aliphatic rings. The highest BCUT2D eigenvalue weighted by Gasteiger charge is 2.29. The summed E-state index contributed by atoms with van der Waals surface area (Å²) in [6.07, 6.45) is 0. The van der Waals surface area contributed by atoms with E-state index < -0.39 is 10.0 Å². The molecule has 6 nitrogen and oxygen atoms in total. The average molecular weight is 307 g/mol. The van der Waals surface area contributed by atoms with Crippen molar-refractivity contribution in [2.24, 2.45) is 0 Å². The summed E-state index contributed by atoms with van der Waals surface area (Å²) < 4.78 is 26.5. The van der Waals surface area contributed by atoms with Crippen LogP contribution in [0.25, 0.3) is 0 Å². The standard InChI is InChI=1S/C14H17N3O3S/c1-11-9-14(4-3-13(11)10-15)21(19,20)17-7-5-16(6-8-17)12(2)18/h3-4,9H,5-8H2,1-2H3. The molecule has 7 heteroatoms. The highest BCUT2D eigenvalue weighted by Crippen LogP contribution is 2.20. The Morgan fingerprint density at radius 2 is 1.86 bits per heavy atom. The van der Waals surface area contributed by atoms with Crippen molar-refractivity contribution >= 4 is 15.9 Å². The van der Waals surface area contributed by atoms with Gasteiger partial charge in [-0.3, -0.25) is 4.79 Å². The van der Waals surface area contributed by atoms with E-state index in [1.54, 1.807) is 11.8 Å². The number of hydrogen-bond donors (Lipinski definition) is 0. The van der Waals surface area contributed by atoms with Gasteiger partial charge in [-0.1, -0.05) is 0 Å². The van der Waals surface area contributed by atoms with Gasteiger partial charge in [-0.25, -0.2) is 8.42 Å². The molecule has 1 heterocycles. The van der Waals surface area contributed by atoms with Crippen LogP contribution >= 0.6 is 0 Å². The third-order valence-electron chi connectivity index (χ3n) is 3.64. The van der Waals surface area contributed by atoms with Gasteiger partial charge in [-0.15, -0.1) is 0 Å². The van der Waals surface area contributed by atoms with E-state index in [9.17, 15) is 13.2 Å². The fourth-order valence-corrected chi connectivity index (χ4v) is 3.82. The number of benzene rings is 1. The molecular weight excluding hydrogens is 290 g/mol. The highest BCUT2D eigenvalue weighted by molar-refractivity contribution is 7.89. The Bertz CT molecular complexity index is 699. The number of rotatable bonds is 2. The molecule has 2 rings (SSSR count). The van der Waals surface area contributed by atoms with Crippen LogP contribution in [0, 0.1) is 18.3 Å². The second-order valence-electron chi connectivity index (χ2n) is 5.00. The summed E-state index contributed by atoms with van der Waals surface area (Å²) in [7, 11) is -3.57. The van der Waals surface area contributed by atoms with Crippen LogP contribution in [0.3, 0.4) is 0 Å². The molecule has 0 aromatic heterocycles. The third kappa shape index (κ3) is 3.06. The average Bonchev–Trinajstić information content (AvgIpc) is 2.47. The van der Waals surface area contributed by atoms with Crippen LogP contribution in [-0.4, -0.2) is 49.7 Å². The lowest BCUT2D eigenvalue weighted by molar-refractivity contribution is -0.129. The van der Waals surface area contributed by atoms with E-state index in [0.717, 1.165) is 0 Å². The third-order valence-corrected chi connectivity index (χ3v) is 5.53. The number of nitrogens with zero attached hydrogens (tertiary/aromatic N) is 3. The van der Waals surface area contributed by atoms with Crippen LogP contribution < -0.4 is 0 Å². The maximum atomic E-state index is 12.6. The van der Waals surface area contributed by atoms with Crippen molar-refractivity contribution in [3.8, 4) is 6.07 Å². The van der Waals surface area contributed by atoms with Crippen molar-refractivity contribution in [2.75, 3.05) is 26.2 Å². The quantitative estimate of drug-likeness (QED) is 0.806. The van der Waals surface area contributed by atoms with Crippen LogP contribution in [-0.2, 0) is 14.8 Å². The van der Waals surface area contributed by atoms with Gasteiger partial charge in [-0.2, -0.15) is 9.57 Å². The van der Waals surface area contributed by atoms with Gasteiger partial charge in [0.15, 0.2) is 0 Å². The molecule has 1 fully saturated rings. The minimum Gasteiger partial charge on any atom is -0.340 e. The zero-order chi connectivity index (χ0) is 15.6. The van der Waals surface area contributed by atoms with Gasteiger partial charge in [0.1, 0.15) is 0 Å². The van der Waals surface area contributed by atoms with Gasteiger partial charge in [0.05, 0.1) is 16.5 Å². The SMILES string of the molecule is CC(=O)N1CCN(S(=O)(=O)c2ccc(C#N)c(C)c2)CC1. The first kappa shape index (κ1) is 15.5. The van der Waals surface area contributed by atoms with E-state index in [0.29, 0.717) is 37.3 Å². The molecule has 1 aliphatic heterocycles. The summed E-state index contributed by atoms with van der Waals surface area (Å²) in [6, 6.07) is 6.52. The Labute approximate surface area is 124 Å². The molecule has 0 aliphatic carbocycles. The van der Waals surface area contributed by atoms with Crippen molar-refractivity contribution in [2.45, 2.75) is 18.7 Å². The lowest BCUT2D eigenvalue weighted by Gasteiger charge is -2.33. The molecule has 1 aromatic carbocycles. The highest BCUT2D eigenvalue weighted by atomic mass is 32.2. The van der Waals surface area contributed by atoms with Gasteiger partial charge in [0.2, 0.25) is 15.9 Å². The van der Waals surface area contributed by atoms with E-state index >= 15 is 0 Å². The fourth-order valence-electron chi connectivity index (χ4n) is 2.31. The molecule has 0 spiro atoms. The van der Waals surface area contributed by atoms with E-state index in [2.05, 4.69) is 0 Å². The summed E-state index contributed by atoms with van der Waals surface area (Å²) in [6.45, 7) is 4.59. The predicted molar refractivity (Wildman–Crippen MR) is 76.9 cm³/mol. The van der Waals surface area contributed by atoms with Crippen LogP contribution in [0.2, 0.25) is 0 Å². The van der Waals surface area contributed by atoms with E-state index in [1.165, 1.54) is 29.4 Å². The van der Waals surface area contributed by atoms with Gasteiger partial charge in [-0.05, 0) is 30.7 Å². The first-order chi connectivity index (χ1) is 9.86. The number of carbonyl (C=O) groups is 1. The summed E-state index contributed by atoms with van der Waals surface area (Å²) in [5.74, 6) is -0.0405. The summed E-state index contributed by atoms with van der Waals surface area (Å²) in [5, 5.41) is 8.89. The lowest BCUT2D eigenvalue weighted by atomic mass is 10.1. The normalized spacial score (nSPS) is 16.5. The predicted octanol–water partition coefficient (Wildman–Crippen LogP) is 0.719.